The zero-order valence-corrected chi connectivity index (χ0v) is 19.3. The van der Waals surface area contributed by atoms with Crippen LogP contribution >= 0.6 is 0 Å². The Hall–Kier alpha value is -4.17. The average Bonchev–Trinajstić information content (AvgIpc) is 3.35. The molecule has 0 spiro atoms. The lowest BCUT2D eigenvalue weighted by molar-refractivity contribution is -0.139. The second-order valence-electron chi connectivity index (χ2n) is 8.68. The minimum atomic E-state index is -1.12. The molecule has 0 unspecified atom stereocenters. The van der Waals surface area contributed by atoms with E-state index in [1.807, 2.05) is 56.3 Å². The third-order valence-corrected chi connectivity index (χ3v) is 6.31. The van der Waals surface area contributed by atoms with Crippen molar-refractivity contribution in [2.24, 2.45) is 5.92 Å². The number of ether oxygens (including phenoxy) is 1. The molecule has 2 fully saturated rings. The van der Waals surface area contributed by atoms with E-state index in [1.54, 1.807) is 35.4 Å². The second-order valence-corrected chi connectivity index (χ2v) is 8.68. The molecule has 0 radical (unpaired) electrons. The maximum absolute atomic E-state index is 13.8. The van der Waals surface area contributed by atoms with Crippen molar-refractivity contribution in [3.63, 3.8) is 0 Å². The smallest absolute Gasteiger partial charge is 0.341 e. The Bertz CT molecular complexity index is 1310. The van der Waals surface area contributed by atoms with Crippen LogP contribution in [0.3, 0.4) is 0 Å². The Balaban J connectivity index is 1.60. The van der Waals surface area contributed by atoms with Crippen molar-refractivity contribution in [1.29, 1.82) is 0 Å². The molecule has 8 nitrogen and oxygen atoms in total. The monoisotopic (exact) mass is 472 g/mol. The van der Waals surface area contributed by atoms with Gasteiger partial charge in [-0.1, -0.05) is 54.1 Å². The number of carbonyl (C=O) groups is 3. The van der Waals surface area contributed by atoms with E-state index in [-0.39, 0.29) is 5.91 Å². The predicted octanol–water partition coefficient (Wildman–Crippen LogP) is 3.82. The van der Waals surface area contributed by atoms with Crippen molar-refractivity contribution in [2.75, 3.05) is 16.6 Å². The molecule has 2 amide bonds. The van der Waals surface area contributed by atoms with Crippen LogP contribution in [0.4, 0.5) is 11.4 Å². The summed E-state index contributed by atoms with van der Waals surface area (Å²) < 4.78 is 5.56. The lowest BCUT2D eigenvalue weighted by Crippen LogP contribution is -2.37. The largest absolute Gasteiger partial charge is 0.482 e. The van der Waals surface area contributed by atoms with Gasteiger partial charge in [-0.25, -0.2) is 14.8 Å². The number of hydroxylamine groups is 1. The molecule has 1 N–H and O–H groups in total. The predicted molar refractivity (Wildman–Crippen MR) is 128 cm³/mol. The molecule has 2 aliphatic heterocycles. The Morgan fingerprint density at radius 1 is 0.971 bits per heavy atom. The van der Waals surface area contributed by atoms with Gasteiger partial charge in [0.05, 0.1) is 17.4 Å². The van der Waals surface area contributed by atoms with Gasteiger partial charge in [0.2, 0.25) is 5.91 Å². The van der Waals surface area contributed by atoms with Gasteiger partial charge in [-0.2, -0.15) is 0 Å². The van der Waals surface area contributed by atoms with Gasteiger partial charge in [0.1, 0.15) is 11.7 Å². The number of benzene rings is 3. The number of anilines is 2. The summed E-state index contributed by atoms with van der Waals surface area (Å²) in [5.74, 6) is -2.45. The van der Waals surface area contributed by atoms with E-state index in [0.717, 1.165) is 11.1 Å². The summed E-state index contributed by atoms with van der Waals surface area (Å²) in [6, 6.07) is 21.0. The number of imide groups is 1. The third-order valence-electron chi connectivity index (χ3n) is 6.31. The Labute approximate surface area is 202 Å². The van der Waals surface area contributed by atoms with E-state index in [4.69, 9.17) is 14.7 Å². The SMILES string of the molecule is Cc1ccc(N2C(=O)[C@@H]3[C@@H](c4ccccc4OCC(=O)O)N(c4ccccc4)O[C@H]3C2=O)c(C)c1. The van der Waals surface area contributed by atoms with Crippen LogP contribution in [0, 0.1) is 19.8 Å². The number of hydrogen-bond donors (Lipinski definition) is 1. The van der Waals surface area contributed by atoms with E-state index in [0.29, 0.717) is 22.7 Å². The van der Waals surface area contributed by atoms with Gasteiger partial charge in [-0.15, -0.1) is 0 Å². The van der Waals surface area contributed by atoms with E-state index in [9.17, 15) is 14.4 Å². The van der Waals surface area contributed by atoms with Crippen molar-refractivity contribution in [2.45, 2.75) is 26.0 Å². The molecule has 5 rings (SSSR count). The van der Waals surface area contributed by atoms with Gasteiger partial charge < -0.3 is 9.84 Å². The number of para-hydroxylation sites is 2. The maximum Gasteiger partial charge on any atom is 0.341 e. The Kier molecular flexibility index (Phi) is 5.74. The number of aryl methyl sites for hydroxylation is 2. The standard InChI is InChI=1S/C27H24N2O6/c1-16-12-13-20(17(2)14-16)28-26(32)23-24(19-10-6-7-11-21(19)34-15-22(30)31)29(35-25(23)27(28)33)18-8-4-3-5-9-18/h3-14,23-25H,15H2,1-2H3,(H,30,31)/t23-,24-,25-/m1/s1. The van der Waals surface area contributed by atoms with Crippen LogP contribution < -0.4 is 14.7 Å². The van der Waals surface area contributed by atoms with Crippen molar-refractivity contribution in [1.82, 2.24) is 0 Å². The molecule has 2 heterocycles. The molecule has 2 aliphatic rings. The summed E-state index contributed by atoms with van der Waals surface area (Å²) in [4.78, 5) is 45.9. The number of aliphatic carboxylic acids is 1. The average molecular weight is 472 g/mol. The minimum Gasteiger partial charge on any atom is -0.482 e. The van der Waals surface area contributed by atoms with Gasteiger partial charge in [0, 0.05) is 5.56 Å². The highest BCUT2D eigenvalue weighted by atomic mass is 16.7. The first-order chi connectivity index (χ1) is 16.9. The van der Waals surface area contributed by atoms with Gasteiger partial charge in [-0.05, 0) is 43.7 Å². The summed E-state index contributed by atoms with van der Waals surface area (Å²) >= 11 is 0. The van der Waals surface area contributed by atoms with Crippen molar-refractivity contribution >= 4 is 29.2 Å². The molecule has 3 aromatic rings. The first kappa shape index (κ1) is 22.6. The molecule has 35 heavy (non-hydrogen) atoms. The summed E-state index contributed by atoms with van der Waals surface area (Å²) in [6.07, 6.45) is -1.03. The molecular weight excluding hydrogens is 448 g/mol. The molecule has 0 aromatic heterocycles. The van der Waals surface area contributed by atoms with E-state index >= 15 is 0 Å². The van der Waals surface area contributed by atoms with E-state index in [2.05, 4.69) is 0 Å². The molecule has 8 heteroatoms. The molecular formula is C27H24N2O6. The molecule has 3 aromatic carbocycles. The summed E-state index contributed by atoms with van der Waals surface area (Å²) in [5, 5.41) is 10.7. The van der Waals surface area contributed by atoms with Crippen LogP contribution in [-0.2, 0) is 19.2 Å². The molecule has 0 bridgehead atoms. The van der Waals surface area contributed by atoms with E-state index in [1.165, 1.54) is 4.90 Å². The van der Waals surface area contributed by atoms with E-state index < -0.39 is 36.5 Å². The highest BCUT2D eigenvalue weighted by Crippen LogP contribution is 2.49. The van der Waals surface area contributed by atoms with Crippen molar-refractivity contribution < 1.29 is 29.1 Å². The highest BCUT2D eigenvalue weighted by molar-refractivity contribution is 6.24. The van der Waals surface area contributed by atoms with Crippen LogP contribution in [0.5, 0.6) is 5.75 Å². The number of carboxylic acids is 1. The molecule has 3 atom stereocenters. The fourth-order valence-electron chi connectivity index (χ4n) is 4.82. The number of nitrogens with zero attached hydrogens (tertiary/aromatic N) is 2. The summed E-state index contributed by atoms with van der Waals surface area (Å²) in [5.41, 5.74) is 3.60. The molecule has 0 aliphatic carbocycles. The number of carbonyl (C=O) groups excluding carboxylic acids is 2. The van der Waals surface area contributed by atoms with Crippen LogP contribution in [0.1, 0.15) is 22.7 Å². The quantitative estimate of drug-likeness (QED) is 0.545. The van der Waals surface area contributed by atoms with Gasteiger partial charge >= 0.3 is 5.97 Å². The summed E-state index contributed by atoms with van der Waals surface area (Å²) in [7, 11) is 0. The molecule has 178 valence electrons. The number of carboxylic acid groups (broad SMARTS) is 1. The van der Waals surface area contributed by atoms with Crippen LogP contribution in [-0.4, -0.2) is 35.6 Å². The Morgan fingerprint density at radius 2 is 1.69 bits per heavy atom. The lowest BCUT2D eigenvalue weighted by Gasteiger charge is -2.30. The van der Waals surface area contributed by atoms with Crippen molar-refractivity contribution in [3.8, 4) is 5.75 Å². The van der Waals surface area contributed by atoms with Crippen LogP contribution in [0.25, 0.3) is 0 Å². The fraction of sp³-hybridized carbons (Fsp3) is 0.222. The number of fused-ring (bicyclic) bond motifs is 1. The van der Waals surface area contributed by atoms with Gasteiger partial charge in [0.25, 0.3) is 5.91 Å². The molecule has 2 saturated heterocycles. The highest BCUT2D eigenvalue weighted by Gasteiger charge is 2.60. The first-order valence-corrected chi connectivity index (χ1v) is 11.3. The first-order valence-electron chi connectivity index (χ1n) is 11.3. The second kappa shape index (κ2) is 8.88. The van der Waals surface area contributed by atoms with Crippen LogP contribution in [0.2, 0.25) is 0 Å². The van der Waals surface area contributed by atoms with Gasteiger partial charge in [0.15, 0.2) is 12.7 Å². The zero-order valence-electron chi connectivity index (χ0n) is 19.3. The fourth-order valence-corrected chi connectivity index (χ4v) is 4.82. The number of hydrogen-bond acceptors (Lipinski definition) is 6. The number of amides is 2. The topological polar surface area (TPSA) is 96.4 Å². The van der Waals surface area contributed by atoms with Gasteiger partial charge in [-0.3, -0.25) is 14.4 Å². The zero-order chi connectivity index (χ0) is 24.7. The lowest BCUT2D eigenvalue weighted by atomic mass is 9.90. The summed E-state index contributed by atoms with van der Waals surface area (Å²) in [6.45, 7) is 3.27. The van der Waals surface area contributed by atoms with Crippen LogP contribution in [0.15, 0.2) is 72.8 Å². The maximum atomic E-state index is 13.8. The van der Waals surface area contributed by atoms with Crippen molar-refractivity contribution in [3.05, 3.63) is 89.5 Å². The minimum absolute atomic E-state index is 0.315. The number of rotatable bonds is 6. The third kappa shape index (κ3) is 3.91. The molecule has 0 saturated carbocycles. The Morgan fingerprint density at radius 3 is 2.40 bits per heavy atom. The normalized spacial score (nSPS) is 21.4.